The van der Waals surface area contributed by atoms with Crippen LogP contribution in [0.25, 0.3) is 11.8 Å². The lowest BCUT2D eigenvalue weighted by molar-refractivity contribution is -0.138. The van der Waals surface area contributed by atoms with Gasteiger partial charge < -0.3 is 14.2 Å². The van der Waals surface area contributed by atoms with E-state index in [4.69, 9.17) is 19.2 Å². The van der Waals surface area contributed by atoms with Gasteiger partial charge in [-0.3, -0.25) is 9.36 Å². The molecule has 1 atom stereocenters. The molecule has 1 aromatic heterocycles. The minimum Gasteiger partial charge on any atom is -0.496 e. The molecule has 2 heterocycles. The Morgan fingerprint density at radius 2 is 1.74 bits per heavy atom. The molecule has 1 aliphatic rings. The average Bonchev–Trinajstić information content (AvgIpc) is 3.31. The highest BCUT2D eigenvalue weighted by Gasteiger charge is 2.35. The number of methoxy groups -OCH3 is 2. The van der Waals surface area contributed by atoms with E-state index < -0.39 is 12.0 Å². The monoisotopic (exact) mass is 646 g/mol. The lowest BCUT2D eigenvalue weighted by atomic mass is 9.91. The second kappa shape index (κ2) is 12.5. The first-order valence-corrected chi connectivity index (χ1v) is 15.2. The molecule has 7 nitrogen and oxygen atoms in total. The summed E-state index contributed by atoms with van der Waals surface area (Å²) in [5, 5.41) is 0. The maximum absolute atomic E-state index is 14.2. The van der Waals surface area contributed by atoms with E-state index in [0.717, 1.165) is 21.2 Å². The fourth-order valence-corrected chi connectivity index (χ4v) is 6.47. The number of benzene rings is 3. The quantitative estimate of drug-likeness (QED) is 0.225. The molecule has 0 bridgehead atoms. The first-order chi connectivity index (χ1) is 20.3. The van der Waals surface area contributed by atoms with Gasteiger partial charge in [0.05, 0.1) is 47.1 Å². The summed E-state index contributed by atoms with van der Waals surface area (Å²) in [6.07, 6.45) is 1.78. The molecule has 4 aromatic rings. The second-order valence-corrected chi connectivity index (χ2v) is 11.8. The van der Waals surface area contributed by atoms with E-state index in [2.05, 4.69) is 29.8 Å². The maximum atomic E-state index is 14.2. The molecule has 0 unspecified atom stereocenters. The van der Waals surface area contributed by atoms with Crippen LogP contribution in [0.3, 0.4) is 0 Å². The summed E-state index contributed by atoms with van der Waals surface area (Å²) in [5.41, 5.74) is 3.97. The molecule has 216 valence electrons. The van der Waals surface area contributed by atoms with Gasteiger partial charge in [-0.1, -0.05) is 79.8 Å². The van der Waals surface area contributed by atoms with Crippen LogP contribution in [0.15, 0.2) is 86.6 Å². The summed E-state index contributed by atoms with van der Waals surface area (Å²) in [6.45, 7) is 6.21. The number of nitrogens with zero attached hydrogens (tertiary/aromatic N) is 2. The molecule has 3 aromatic carbocycles. The number of hydrogen-bond donors (Lipinski definition) is 0. The van der Waals surface area contributed by atoms with Crippen molar-refractivity contribution in [3.63, 3.8) is 0 Å². The van der Waals surface area contributed by atoms with E-state index in [0.29, 0.717) is 43.6 Å². The Morgan fingerprint density at radius 3 is 2.36 bits per heavy atom. The minimum absolute atomic E-state index is 0.194. The zero-order valence-electron chi connectivity index (χ0n) is 24.0. The number of carbonyl (C=O) groups excluding carboxylic acids is 1. The Balaban J connectivity index is 1.82. The van der Waals surface area contributed by atoms with E-state index in [9.17, 15) is 9.59 Å². The molecule has 0 saturated carbocycles. The number of fused-ring (bicyclic) bond motifs is 1. The summed E-state index contributed by atoms with van der Waals surface area (Å²) < 4.78 is 19.3. The van der Waals surface area contributed by atoms with E-state index in [1.807, 2.05) is 60.7 Å². The molecule has 0 radical (unpaired) electrons. The van der Waals surface area contributed by atoms with Crippen LogP contribution in [0.4, 0.5) is 0 Å². The van der Waals surface area contributed by atoms with Crippen LogP contribution < -0.4 is 24.4 Å². The fourth-order valence-electron chi connectivity index (χ4n) is 4.96. The Bertz CT molecular complexity index is 1840. The number of carbonyl (C=O) groups is 1. The van der Waals surface area contributed by atoms with E-state index >= 15 is 0 Å². The van der Waals surface area contributed by atoms with Gasteiger partial charge in [-0.05, 0) is 52.0 Å². The van der Waals surface area contributed by atoms with Crippen molar-refractivity contribution in [2.24, 2.45) is 4.99 Å². The number of halogens is 1. The fraction of sp³-hybridized carbons (Fsp3) is 0.242. The Kier molecular flexibility index (Phi) is 8.80. The third-order valence-corrected chi connectivity index (χ3v) is 8.69. The summed E-state index contributed by atoms with van der Waals surface area (Å²) in [5.74, 6) is 0.994. The highest BCUT2D eigenvalue weighted by molar-refractivity contribution is 9.10. The first kappa shape index (κ1) is 29.5. The topological polar surface area (TPSA) is 79.1 Å². The summed E-state index contributed by atoms with van der Waals surface area (Å²) in [6, 6.07) is 20.4. The number of thiazole rings is 1. The van der Waals surface area contributed by atoms with Gasteiger partial charge in [0.25, 0.3) is 5.56 Å². The average molecular weight is 648 g/mol. The second-order valence-electron chi connectivity index (χ2n) is 9.98. The van der Waals surface area contributed by atoms with Crippen molar-refractivity contribution < 1.29 is 19.0 Å². The van der Waals surface area contributed by atoms with Crippen molar-refractivity contribution in [2.75, 3.05) is 20.8 Å². The van der Waals surface area contributed by atoms with Crippen LogP contribution in [0.2, 0.25) is 0 Å². The van der Waals surface area contributed by atoms with Crippen molar-refractivity contribution in [2.45, 2.75) is 32.7 Å². The number of ether oxygens (including phenoxy) is 3. The predicted octanol–water partition coefficient (Wildman–Crippen LogP) is 5.84. The molecule has 0 N–H and O–H groups in total. The lowest BCUT2D eigenvalue weighted by Gasteiger charge is -2.26. The molecular formula is C33H31BrN2O5S. The molecule has 0 aliphatic carbocycles. The number of aromatic nitrogens is 1. The van der Waals surface area contributed by atoms with Crippen LogP contribution in [0.5, 0.6) is 11.5 Å². The van der Waals surface area contributed by atoms with Crippen molar-refractivity contribution in [3.8, 4) is 11.5 Å². The molecule has 0 fully saturated rings. The Labute approximate surface area is 256 Å². The third-order valence-electron chi connectivity index (χ3n) is 7.08. The predicted molar refractivity (Wildman–Crippen MR) is 169 cm³/mol. The van der Waals surface area contributed by atoms with E-state index in [1.165, 1.54) is 11.3 Å². The van der Waals surface area contributed by atoms with Gasteiger partial charge >= 0.3 is 5.97 Å². The molecule has 0 saturated heterocycles. The number of hydrogen-bond acceptors (Lipinski definition) is 7. The number of rotatable bonds is 8. The van der Waals surface area contributed by atoms with Crippen molar-refractivity contribution in [3.05, 3.63) is 119 Å². The Hall–Kier alpha value is -3.95. The van der Waals surface area contributed by atoms with Crippen molar-refractivity contribution >= 4 is 45.0 Å². The van der Waals surface area contributed by atoms with Crippen LogP contribution in [-0.2, 0) is 9.53 Å². The third kappa shape index (κ3) is 5.58. The smallest absolute Gasteiger partial charge is 0.338 e. The largest absolute Gasteiger partial charge is 0.496 e. The molecule has 5 rings (SSSR count). The van der Waals surface area contributed by atoms with E-state index in [-0.39, 0.29) is 12.2 Å². The summed E-state index contributed by atoms with van der Waals surface area (Å²) in [4.78, 5) is 33.2. The number of esters is 1. The van der Waals surface area contributed by atoms with Crippen molar-refractivity contribution in [1.82, 2.24) is 4.57 Å². The van der Waals surface area contributed by atoms with Gasteiger partial charge in [0, 0.05) is 17.2 Å². The molecule has 42 heavy (non-hydrogen) atoms. The zero-order chi connectivity index (χ0) is 30.0. The summed E-state index contributed by atoms with van der Waals surface area (Å²) in [7, 11) is 3.15. The van der Waals surface area contributed by atoms with Crippen LogP contribution in [-0.4, -0.2) is 31.4 Å². The van der Waals surface area contributed by atoms with E-state index in [1.54, 1.807) is 37.9 Å². The van der Waals surface area contributed by atoms with Crippen LogP contribution >= 0.6 is 27.3 Å². The molecule has 0 spiro atoms. The summed E-state index contributed by atoms with van der Waals surface area (Å²) >= 11 is 4.79. The molecule has 1 aliphatic heterocycles. The molecule has 9 heteroatoms. The van der Waals surface area contributed by atoms with Gasteiger partial charge in [-0.15, -0.1) is 0 Å². The van der Waals surface area contributed by atoms with Gasteiger partial charge in [0.1, 0.15) is 11.5 Å². The molecular weight excluding hydrogens is 616 g/mol. The highest BCUT2D eigenvalue weighted by Crippen LogP contribution is 2.36. The zero-order valence-corrected chi connectivity index (χ0v) is 26.4. The van der Waals surface area contributed by atoms with Crippen LogP contribution in [0.1, 0.15) is 55.0 Å². The highest BCUT2D eigenvalue weighted by atomic mass is 79.9. The first-order valence-electron chi connectivity index (χ1n) is 13.6. The lowest BCUT2D eigenvalue weighted by Crippen LogP contribution is -2.40. The normalized spacial score (nSPS) is 14.9. The van der Waals surface area contributed by atoms with Gasteiger partial charge in [0.2, 0.25) is 0 Å². The minimum atomic E-state index is -0.733. The van der Waals surface area contributed by atoms with Gasteiger partial charge in [0.15, 0.2) is 4.80 Å². The standard InChI is InChI=1S/C33H31BrN2O5S/c1-6-41-32(38)28-29(21-10-8-7-9-11-21)35-33-36(30(28)22-14-12-20(13-15-22)19(2)3)31(37)27(42-33)17-23-16-24(34)26(40-5)18-25(23)39-4/h7-19,30H,6H2,1-5H3/b27-17-/t30-/m0/s1. The van der Waals surface area contributed by atoms with Gasteiger partial charge in [-0.2, -0.15) is 0 Å². The molecule has 0 amide bonds. The SMILES string of the molecule is CCOC(=O)C1=C(c2ccccc2)N=c2s/c(=C\c3cc(Br)c(OC)cc3OC)c(=O)n2[C@H]1c1ccc(C(C)C)cc1. The van der Waals surface area contributed by atoms with Crippen molar-refractivity contribution in [1.29, 1.82) is 0 Å². The van der Waals surface area contributed by atoms with Gasteiger partial charge in [-0.25, -0.2) is 9.79 Å². The Morgan fingerprint density at radius 1 is 1.05 bits per heavy atom. The maximum Gasteiger partial charge on any atom is 0.338 e. The van der Waals surface area contributed by atoms with Crippen LogP contribution in [0, 0.1) is 0 Å².